The molecule has 1 aliphatic heterocycles. The van der Waals surface area contributed by atoms with E-state index in [-0.39, 0.29) is 0 Å². The minimum atomic E-state index is 0.347. The second-order valence-corrected chi connectivity index (χ2v) is 11.6. The van der Waals surface area contributed by atoms with Crippen molar-refractivity contribution < 1.29 is 4.79 Å². The molecule has 5 fully saturated rings. The summed E-state index contributed by atoms with van der Waals surface area (Å²) in [4.78, 5) is 22.7. The predicted molar refractivity (Wildman–Crippen MR) is 129 cm³/mol. The lowest BCUT2D eigenvalue weighted by Crippen LogP contribution is -2.48. The number of imidazole rings is 1. The Balaban J connectivity index is 1.05. The van der Waals surface area contributed by atoms with Crippen molar-refractivity contribution in [1.29, 1.82) is 0 Å². The number of amides is 1. The Hall–Kier alpha value is -2.14. The zero-order chi connectivity index (χ0) is 22.3. The summed E-state index contributed by atoms with van der Waals surface area (Å²) in [7, 11) is 0. The van der Waals surface area contributed by atoms with Crippen molar-refractivity contribution in [3.8, 4) is 0 Å². The maximum Gasteiger partial charge on any atom is 0.223 e. The van der Waals surface area contributed by atoms with Crippen molar-refractivity contribution >= 4 is 5.91 Å². The van der Waals surface area contributed by atoms with Crippen molar-refractivity contribution in [2.45, 2.75) is 64.5 Å². The predicted octanol–water partition coefficient (Wildman–Crippen LogP) is 4.57. The van der Waals surface area contributed by atoms with E-state index < -0.39 is 0 Å². The fraction of sp³-hybridized carbons (Fsp3) is 0.643. The van der Waals surface area contributed by atoms with Crippen LogP contribution in [0.25, 0.3) is 0 Å². The first-order chi connectivity index (χ1) is 16.1. The molecule has 5 aliphatic rings. The Morgan fingerprint density at radius 2 is 1.64 bits per heavy atom. The Morgan fingerprint density at radius 3 is 2.36 bits per heavy atom. The molecule has 4 aliphatic carbocycles. The second-order valence-electron chi connectivity index (χ2n) is 11.6. The number of hydrogen-bond donors (Lipinski definition) is 0. The number of benzene rings is 1. The van der Waals surface area contributed by atoms with Gasteiger partial charge in [-0.05, 0) is 73.7 Å². The summed E-state index contributed by atoms with van der Waals surface area (Å²) in [5, 5.41) is 0. The first kappa shape index (κ1) is 21.4. The van der Waals surface area contributed by atoms with Gasteiger partial charge in [0.05, 0.1) is 6.54 Å². The molecule has 5 nitrogen and oxygen atoms in total. The van der Waals surface area contributed by atoms with Crippen LogP contribution in [0.3, 0.4) is 0 Å². The van der Waals surface area contributed by atoms with Gasteiger partial charge in [0.15, 0.2) is 0 Å². The molecular weight excluding hydrogens is 408 g/mol. The van der Waals surface area contributed by atoms with Gasteiger partial charge in [-0.25, -0.2) is 4.98 Å². The summed E-state index contributed by atoms with van der Waals surface area (Å²) < 4.78 is 2.26. The Bertz CT molecular complexity index is 932. The SMILES string of the molecule is O=C(CC12CC3CC(CC(C3)C1)C2)N1CCCN(Cc2nccn2Cc2ccccc2)CC1. The highest BCUT2D eigenvalue weighted by atomic mass is 16.2. The van der Waals surface area contributed by atoms with E-state index in [0.29, 0.717) is 11.3 Å². The summed E-state index contributed by atoms with van der Waals surface area (Å²) in [6.07, 6.45) is 14.2. The molecule has 5 heteroatoms. The first-order valence-corrected chi connectivity index (χ1v) is 13.2. The summed E-state index contributed by atoms with van der Waals surface area (Å²) in [6, 6.07) is 10.6. The van der Waals surface area contributed by atoms with Gasteiger partial charge in [0, 0.05) is 51.5 Å². The molecule has 0 atom stereocenters. The average Bonchev–Trinajstić information content (AvgIpc) is 3.07. The van der Waals surface area contributed by atoms with Gasteiger partial charge in [-0.1, -0.05) is 30.3 Å². The van der Waals surface area contributed by atoms with E-state index >= 15 is 0 Å². The van der Waals surface area contributed by atoms with Gasteiger partial charge in [-0.15, -0.1) is 0 Å². The highest BCUT2D eigenvalue weighted by Crippen LogP contribution is 2.61. The smallest absolute Gasteiger partial charge is 0.223 e. The average molecular weight is 447 g/mol. The molecule has 0 unspecified atom stereocenters. The molecule has 7 rings (SSSR count). The Labute approximate surface area is 198 Å². The molecule has 1 aromatic heterocycles. The molecule has 2 aromatic rings. The maximum atomic E-state index is 13.4. The number of carbonyl (C=O) groups is 1. The van der Waals surface area contributed by atoms with Crippen molar-refractivity contribution in [2.75, 3.05) is 26.2 Å². The molecule has 1 amide bonds. The highest BCUT2D eigenvalue weighted by molar-refractivity contribution is 5.77. The molecule has 2 heterocycles. The third kappa shape index (κ3) is 4.62. The van der Waals surface area contributed by atoms with Crippen LogP contribution in [0.2, 0.25) is 0 Å². The van der Waals surface area contributed by atoms with Crippen molar-refractivity contribution in [1.82, 2.24) is 19.4 Å². The van der Waals surface area contributed by atoms with E-state index in [9.17, 15) is 4.79 Å². The lowest BCUT2D eigenvalue weighted by molar-refractivity contribution is -0.139. The summed E-state index contributed by atoms with van der Waals surface area (Å²) in [5.41, 5.74) is 1.65. The molecular formula is C28H38N4O. The summed E-state index contributed by atoms with van der Waals surface area (Å²) in [6.45, 7) is 5.49. The van der Waals surface area contributed by atoms with E-state index in [1.165, 1.54) is 44.1 Å². The zero-order valence-electron chi connectivity index (χ0n) is 19.9. The molecule has 0 spiro atoms. The van der Waals surface area contributed by atoms with E-state index in [2.05, 4.69) is 55.9 Å². The van der Waals surface area contributed by atoms with Crippen molar-refractivity contribution in [3.63, 3.8) is 0 Å². The van der Waals surface area contributed by atoms with Crippen LogP contribution in [-0.4, -0.2) is 51.4 Å². The molecule has 4 bridgehead atoms. The summed E-state index contributed by atoms with van der Waals surface area (Å²) >= 11 is 0. The Morgan fingerprint density at radius 1 is 0.909 bits per heavy atom. The van der Waals surface area contributed by atoms with Crippen LogP contribution in [-0.2, 0) is 17.9 Å². The lowest BCUT2D eigenvalue weighted by atomic mass is 9.49. The number of hydrogen-bond acceptors (Lipinski definition) is 3. The van der Waals surface area contributed by atoms with Crippen molar-refractivity contribution in [2.24, 2.45) is 23.2 Å². The number of carbonyl (C=O) groups excluding carboxylic acids is 1. The molecule has 1 aromatic carbocycles. The van der Waals surface area contributed by atoms with E-state index in [4.69, 9.17) is 0 Å². The minimum Gasteiger partial charge on any atom is -0.341 e. The third-order valence-electron chi connectivity index (χ3n) is 8.99. The Kier molecular flexibility index (Phi) is 5.77. The van der Waals surface area contributed by atoms with Gasteiger partial charge in [-0.2, -0.15) is 0 Å². The number of nitrogens with zero attached hydrogens (tertiary/aromatic N) is 4. The minimum absolute atomic E-state index is 0.347. The van der Waals surface area contributed by atoms with Crippen molar-refractivity contribution in [3.05, 3.63) is 54.1 Å². The van der Waals surface area contributed by atoms with Crippen LogP contribution in [0.15, 0.2) is 42.7 Å². The number of aromatic nitrogens is 2. The quantitative estimate of drug-likeness (QED) is 0.653. The van der Waals surface area contributed by atoms with Gasteiger partial charge in [0.2, 0.25) is 5.91 Å². The van der Waals surface area contributed by atoms with Gasteiger partial charge >= 0.3 is 0 Å². The monoisotopic (exact) mass is 446 g/mol. The maximum absolute atomic E-state index is 13.4. The fourth-order valence-electron chi connectivity index (χ4n) is 7.93. The topological polar surface area (TPSA) is 41.4 Å². The fourth-order valence-corrected chi connectivity index (χ4v) is 7.93. The molecule has 1 saturated heterocycles. The zero-order valence-corrected chi connectivity index (χ0v) is 19.9. The normalized spacial score (nSPS) is 31.6. The summed E-state index contributed by atoms with van der Waals surface area (Å²) in [5.74, 6) is 4.31. The molecule has 33 heavy (non-hydrogen) atoms. The number of rotatable bonds is 6. The van der Waals surface area contributed by atoms with E-state index in [1.54, 1.807) is 0 Å². The van der Waals surface area contributed by atoms with Crippen LogP contribution in [0.5, 0.6) is 0 Å². The second kappa shape index (κ2) is 8.90. The van der Waals surface area contributed by atoms with E-state index in [0.717, 1.165) is 75.7 Å². The van der Waals surface area contributed by atoms with E-state index in [1.807, 2.05) is 6.20 Å². The molecule has 0 radical (unpaired) electrons. The van der Waals surface area contributed by atoms with Gasteiger partial charge in [0.25, 0.3) is 0 Å². The van der Waals surface area contributed by atoms with Crippen LogP contribution in [0, 0.1) is 23.2 Å². The van der Waals surface area contributed by atoms with Crippen LogP contribution < -0.4 is 0 Å². The van der Waals surface area contributed by atoms with Crippen LogP contribution in [0.4, 0.5) is 0 Å². The third-order valence-corrected chi connectivity index (χ3v) is 8.99. The highest BCUT2D eigenvalue weighted by Gasteiger charge is 2.51. The lowest BCUT2D eigenvalue weighted by Gasteiger charge is -2.57. The first-order valence-electron chi connectivity index (χ1n) is 13.2. The van der Waals surface area contributed by atoms with Crippen LogP contribution in [0.1, 0.15) is 62.8 Å². The van der Waals surface area contributed by atoms with Crippen LogP contribution >= 0.6 is 0 Å². The van der Waals surface area contributed by atoms with Gasteiger partial charge < -0.3 is 9.47 Å². The molecule has 176 valence electrons. The molecule has 4 saturated carbocycles. The molecule has 0 N–H and O–H groups in total. The van der Waals surface area contributed by atoms with Gasteiger partial charge in [0.1, 0.15) is 5.82 Å². The standard InChI is InChI=1S/C28H38N4O/c33-27(19-28-16-23-13-24(17-28)15-25(14-23)18-28)31-9-4-8-30(11-12-31)21-26-29-7-10-32(26)20-22-5-2-1-3-6-22/h1-3,5-7,10,23-25H,4,8-9,11-21H2. The van der Waals surface area contributed by atoms with Gasteiger partial charge in [-0.3, -0.25) is 9.69 Å². The largest absolute Gasteiger partial charge is 0.341 e.